The smallest absolute Gasteiger partial charge is 0.408 e. The first-order valence-corrected chi connectivity index (χ1v) is 8.05. The van der Waals surface area contributed by atoms with Crippen LogP contribution in [-0.4, -0.2) is 33.0 Å². The van der Waals surface area contributed by atoms with Gasteiger partial charge in [0.1, 0.15) is 12.6 Å². The van der Waals surface area contributed by atoms with Crippen LogP contribution in [0.5, 0.6) is 0 Å². The van der Waals surface area contributed by atoms with Crippen molar-refractivity contribution in [3.63, 3.8) is 0 Å². The number of alkyl carbamates (subject to hydrolysis) is 1. The average molecular weight is 396 g/mol. The fourth-order valence-electron chi connectivity index (χ4n) is 2.20. The van der Waals surface area contributed by atoms with Gasteiger partial charge in [0.25, 0.3) is 0 Å². The summed E-state index contributed by atoms with van der Waals surface area (Å²) in [4.78, 5) is 23.3. The van der Waals surface area contributed by atoms with Crippen LogP contribution in [-0.2, 0) is 29.6 Å². The number of aliphatic carboxylic acids is 1. The van der Waals surface area contributed by atoms with E-state index < -0.39 is 18.1 Å². The van der Waals surface area contributed by atoms with E-state index in [2.05, 4.69) is 26.3 Å². The molecule has 2 N–H and O–H groups in total. The number of carboxylic acids is 1. The molecule has 0 aliphatic heterocycles. The highest BCUT2D eigenvalue weighted by Crippen LogP contribution is 2.21. The Hall–Kier alpha value is -2.35. The number of aromatic nitrogens is 2. The zero-order valence-corrected chi connectivity index (χ0v) is 14.9. The molecule has 1 atom stereocenters. The van der Waals surface area contributed by atoms with Crippen molar-refractivity contribution in [1.29, 1.82) is 0 Å². The predicted molar refractivity (Wildman–Crippen MR) is 90.5 cm³/mol. The van der Waals surface area contributed by atoms with Crippen LogP contribution in [0.3, 0.4) is 0 Å². The summed E-state index contributed by atoms with van der Waals surface area (Å²) in [5, 5.41) is 15.9. The molecule has 0 saturated carbocycles. The first kappa shape index (κ1) is 18.0. The molecule has 0 aliphatic carbocycles. The van der Waals surface area contributed by atoms with E-state index in [0.29, 0.717) is 5.69 Å². The van der Waals surface area contributed by atoms with Crippen molar-refractivity contribution in [1.82, 2.24) is 15.1 Å². The standard InChI is InChI=1S/C16H18BrN3O4/c1-10-14(17)13(20(2)19-10)8-12(15(21)22)18-16(23)24-9-11-6-4-3-5-7-11/h3-7,12H,8-9H2,1-2H3,(H,18,23)(H,21,22). The zero-order valence-electron chi connectivity index (χ0n) is 13.3. The summed E-state index contributed by atoms with van der Waals surface area (Å²) >= 11 is 3.39. The van der Waals surface area contributed by atoms with Gasteiger partial charge in [-0.25, -0.2) is 9.59 Å². The Morgan fingerprint density at radius 3 is 2.58 bits per heavy atom. The fraction of sp³-hybridized carbons (Fsp3) is 0.312. The van der Waals surface area contributed by atoms with Gasteiger partial charge in [0.15, 0.2) is 0 Å². The Balaban J connectivity index is 1.98. The Bertz CT molecular complexity index is 730. The molecule has 0 radical (unpaired) electrons. The number of nitrogens with one attached hydrogen (secondary N) is 1. The summed E-state index contributed by atoms with van der Waals surface area (Å²) in [6.45, 7) is 1.89. The molecule has 0 spiro atoms. The number of hydrogen-bond donors (Lipinski definition) is 2. The van der Waals surface area contributed by atoms with Crippen LogP contribution >= 0.6 is 15.9 Å². The van der Waals surface area contributed by atoms with Crippen LogP contribution in [0.2, 0.25) is 0 Å². The Morgan fingerprint density at radius 2 is 2.04 bits per heavy atom. The lowest BCUT2D eigenvalue weighted by Gasteiger charge is -2.15. The maximum absolute atomic E-state index is 11.9. The van der Waals surface area contributed by atoms with Gasteiger partial charge in [-0.3, -0.25) is 4.68 Å². The van der Waals surface area contributed by atoms with Crippen molar-refractivity contribution < 1.29 is 19.4 Å². The van der Waals surface area contributed by atoms with Gasteiger partial charge >= 0.3 is 12.1 Å². The molecule has 0 saturated heterocycles. The number of carbonyl (C=O) groups is 2. The summed E-state index contributed by atoms with van der Waals surface area (Å²) in [5.74, 6) is -1.14. The van der Waals surface area contributed by atoms with Gasteiger partial charge in [-0.2, -0.15) is 5.10 Å². The average Bonchev–Trinajstić information content (AvgIpc) is 2.79. The van der Waals surface area contributed by atoms with Crippen LogP contribution in [0.4, 0.5) is 4.79 Å². The number of carbonyl (C=O) groups excluding carboxylic acids is 1. The molecule has 1 heterocycles. The maximum Gasteiger partial charge on any atom is 0.408 e. The van der Waals surface area contributed by atoms with Crippen molar-refractivity contribution in [2.75, 3.05) is 0 Å². The molecule has 8 heteroatoms. The van der Waals surface area contributed by atoms with Crippen molar-refractivity contribution in [3.8, 4) is 0 Å². The minimum absolute atomic E-state index is 0.0769. The van der Waals surface area contributed by atoms with E-state index in [1.165, 1.54) is 0 Å². The molecule has 0 fully saturated rings. The third kappa shape index (κ3) is 4.58. The summed E-state index contributed by atoms with van der Waals surface area (Å²) in [5.41, 5.74) is 2.26. The largest absolute Gasteiger partial charge is 0.480 e. The molecular formula is C16H18BrN3O4. The van der Waals surface area contributed by atoms with E-state index in [1.54, 1.807) is 11.7 Å². The third-order valence-corrected chi connectivity index (χ3v) is 4.49. The second-order valence-electron chi connectivity index (χ2n) is 5.27. The minimum atomic E-state index is -1.14. The Labute approximate surface area is 147 Å². The highest BCUT2D eigenvalue weighted by Gasteiger charge is 2.24. The van der Waals surface area contributed by atoms with E-state index in [1.807, 2.05) is 37.3 Å². The molecule has 1 aromatic carbocycles. The summed E-state index contributed by atoms with van der Waals surface area (Å²) in [7, 11) is 1.72. The van der Waals surface area contributed by atoms with Gasteiger partial charge in [0.05, 0.1) is 15.9 Å². The second kappa shape index (κ2) is 7.96. The SMILES string of the molecule is Cc1nn(C)c(CC(NC(=O)OCc2ccccc2)C(=O)O)c1Br. The molecule has 2 rings (SSSR count). The highest BCUT2D eigenvalue weighted by atomic mass is 79.9. The van der Waals surface area contributed by atoms with Gasteiger partial charge < -0.3 is 15.2 Å². The van der Waals surface area contributed by atoms with E-state index in [0.717, 1.165) is 15.7 Å². The molecule has 0 bridgehead atoms. The zero-order chi connectivity index (χ0) is 17.7. The van der Waals surface area contributed by atoms with Crippen molar-refractivity contribution in [2.24, 2.45) is 7.05 Å². The van der Waals surface area contributed by atoms with Crippen LogP contribution in [0.1, 0.15) is 17.0 Å². The number of hydrogen-bond acceptors (Lipinski definition) is 4. The normalized spacial score (nSPS) is 11.8. The Kier molecular flexibility index (Phi) is 5.97. The van der Waals surface area contributed by atoms with Crippen LogP contribution in [0.25, 0.3) is 0 Å². The van der Waals surface area contributed by atoms with Crippen LogP contribution in [0, 0.1) is 6.92 Å². The topological polar surface area (TPSA) is 93.5 Å². The number of benzene rings is 1. The third-order valence-electron chi connectivity index (χ3n) is 3.46. The second-order valence-corrected chi connectivity index (χ2v) is 6.06. The van der Waals surface area contributed by atoms with Gasteiger partial charge in [-0.15, -0.1) is 0 Å². The van der Waals surface area contributed by atoms with E-state index >= 15 is 0 Å². The first-order valence-electron chi connectivity index (χ1n) is 7.26. The molecule has 1 unspecified atom stereocenters. The molecule has 1 amide bonds. The van der Waals surface area contributed by atoms with Crippen molar-refractivity contribution in [2.45, 2.75) is 26.0 Å². The summed E-state index contributed by atoms with van der Waals surface area (Å²) in [6, 6.07) is 8.05. The number of rotatable bonds is 6. The van der Waals surface area contributed by atoms with Gasteiger partial charge in [0.2, 0.25) is 0 Å². The van der Waals surface area contributed by atoms with Crippen molar-refractivity contribution >= 4 is 28.0 Å². The van der Waals surface area contributed by atoms with E-state index in [-0.39, 0.29) is 13.0 Å². The highest BCUT2D eigenvalue weighted by molar-refractivity contribution is 9.10. The lowest BCUT2D eigenvalue weighted by atomic mass is 10.1. The minimum Gasteiger partial charge on any atom is -0.480 e. The number of halogens is 1. The lowest BCUT2D eigenvalue weighted by Crippen LogP contribution is -2.43. The first-order chi connectivity index (χ1) is 11.4. The molecule has 1 aromatic heterocycles. The van der Waals surface area contributed by atoms with E-state index in [4.69, 9.17) is 4.74 Å². The number of aryl methyl sites for hydroxylation is 2. The number of ether oxygens (including phenoxy) is 1. The van der Waals surface area contributed by atoms with Crippen molar-refractivity contribution in [3.05, 3.63) is 51.8 Å². The molecule has 0 aliphatic rings. The predicted octanol–water partition coefficient (Wildman–Crippen LogP) is 2.41. The van der Waals surface area contributed by atoms with Crippen LogP contribution < -0.4 is 5.32 Å². The molecule has 2 aromatic rings. The Morgan fingerprint density at radius 1 is 1.38 bits per heavy atom. The van der Waals surface area contributed by atoms with Gasteiger partial charge in [0, 0.05) is 13.5 Å². The monoisotopic (exact) mass is 395 g/mol. The number of nitrogens with zero attached hydrogens (tertiary/aromatic N) is 2. The maximum atomic E-state index is 11.9. The van der Waals surface area contributed by atoms with E-state index in [9.17, 15) is 14.7 Å². The molecule has 128 valence electrons. The lowest BCUT2D eigenvalue weighted by molar-refractivity contribution is -0.139. The summed E-state index contributed by atoms with van der Waals surface area (Å²) < 4.78 is 7.39. The number of carboxylic acid groups (broad SMARTS) is 1. The summed E-state index contributed by atoms with van der Waals surface area (Å²) in [6.07, 6.45) is -0.686. The molecule has 24 heavy (non-hydrogen) atoms. The van der Waals surface area contributed by atoms with Gasteiger partial charge in [-0.1, -0.05) is 30.3 Å². The quantitative estimate of drug-likeness (QED) is 0.782. The fourth-order valence-corrected chi connectivity index (χ4v) is 2.70. The van der Waals surface area contributed by atoms with Crippen LogP contribution in [0.15, 0.2) is 34.8 Å². The molecular weight excluding hydrogens is 378 g/mol. The van der Waals surface area contributed by atoms with Gasteiger partial charge in [-0.05, 0) is 28.4 Å². The molecule has 7 nitrogen and oxygen atoms in total. The number of amides is 1.